The first-order valence-corrected chi connectivity index (χ1v) is 11.7. The molecule has 0 heterocycles. The maximum atomic E-state index is 12.7. The van der Waals surface area contributed by atoms with Crippen LogP contribution in [0.3, 0.4) is 0 Å². The van der Waals surface area contributed by atoms with E-state index in [0.29, 0.717) is 34.2 Å². The van der Waals surface area contributed by atoms with E-state index in [2.05, 4.69) is 4.72 Å². The quantitative estimate of drug-likeness (QED) is 0.372. The average molecular weight is 488 g/mol. The molecule has 0 aliphatic heterocycles. The number of anilines is 1. The van der Waals surface area contributed by atoms with Gasteiger partial charge in [-0.1, -0.05) is 18.2 Å². The Kier molecular flexibility index (Phi) is 8.20. The molecular formula is C24H25NO8S. The Labute approximate surface area is 197 Å². The van der Waals surface area contributed by atoms with Gasteiger partial charge in [0.1, 0.15) is 24.7 Å². The summed E-state index contributed by atoms with van der Waals surface area (Å²) in [6, 6.07) is 17.7. The predicted molar refractivity (Wildman–Crippen MR) is 126 cm³/mol. The molecule has 180 valence electrons. The SMILES string of the molecule is COc1ccc(S(=O)(=O)Nc2ccc(OCCOc3ccccc3CC(=O)O)cc2)cc1OC. The average Bonchev–Trinajstić information content (AvgIpc) is 2.82. The lowest BCUT2D eigenvalue weighted by Gasteiger charge is -2.13. The molecule has 3 rings (SSSR count). The van der Waals surface area contributed by atoms with Crippen molar-refractivity contribution < 1.29 is 37.3 Å². The highest BCUT2D eigenvalue weighted by atomic mass is 32.2. The molecule has 3 aromatic carbocycles. The molecule has 0 aromatic heterocycles. The zero-order chi connectivity index (χ0) is 24.6. The Balaban J connectivity index is 1.55. The van der Waals surface area contributed by atoms with Crippen LogP contribution in [-0.2, 0) is 21.2 Å². The maximum Gasteiger partial charge on any atom is 0.307 e. The van der Waals surface area contributed by atoms with E-state index in [4.69, 9.17) is 24.1 Å². The largest absolute Gasteiger partial charge is 0.493 e. The van der Waals surface area contributed by atoms with Crippen LogP contribution in [0, 0.1) is 0 Å². The van der Waals surface area contributed by atoms with Crippen molar-refractivity contribution in [1.82, 2.24) is 0 Å². The van der Waals surface area contributed by atoms with Gasteiger partial charge in [0.25, 0.3) is 10.0 Å². The predicted octanol–water partition coefficient (Wildman–Crippen LogP) is 3.59. The van der Waals surface area contributed by atoms with Gasteiger partial charge in [0.2, 0.25) is 0 Å². The van der Waals surface area contributed by atoms with E-state index in [1.807, 2.05) is 0 Å². The normalized spacial score (nSPS) is 10.9. The van der Waals surface area contributed by atoms with Crippen molar-refractivity contribution in [3.63, 3.8) is 0 Å². The number of carboxylic acid groups (broad SMARTS) is 1. The fourth-order valence-corrected chi connectivity index (χ4v) is 4.16. The maximum absolute atomic E-state index is 12.7. The summed E-state index contributed by atoms with van der Waals surface area (Å²) in [6.45, 7) is 0.433. The number of hydrogen-bond acceptors (Lipinski definition) is 7. The first kappa shape index (κ1) is 24.7. The van der Waals surface area contributed by atoms with E-state index in [9.17, 15) is 13.2 Å². The van der Waals surface area contributed by atoms with Crippen molar-refractivity contribution in [3.8, 4) is 23.0 Å². The van der Waals surface area contributed by atoms with Gasteiger partial charge in [0.05, 0.1) is 25.5 Å². The number of carbonyl (C=O) groups is 1. The molecule has 0 aliphatic rings. The van der Waals surface area contributed by atoms with Gasteiger partial charge in [-0.3, -0.25) is 9.52 Å². The summed E-state index contributed by atoms with van der Waals surface area (Å²) in [5.74, 6) is 0.818. The zero-order valence-corrected chi connectivity index (χ0v) is 19.5. The molecule has 0 radical (unpaired) electrons. The Morgan fingerprint density at radius 3 is 2.21 bits per heavy atom. The Morgan fingerprint density at radius 1 is 0.853 bits per heavy atom. The van der Waals surface area contributed by atoms with Gasteiger partial charge in [-0.2, -0.15) is 0 Å². The third-order valence-electron chi connectivity index (χ3n) is 4.70. The van der Waals surface area contributed by atoms with Crippen LogP contribution in [0.25, 0.3) is 0 Å². The molecule has 10 heteroatoms. The number of rotatable bonds is 12. The first-order valence-electron chi connectivity index (χ1n) is 10.2. The van der Waals surface area contributed by atoms with Crippen LogP contribution >= 0.6 is 0 Å². The molecule has 0 unspecified atom stereocenters. The Morgan fingerprint density at radius 2 is 1.53 bits per heavy atom. The summed E-state index contributed by atoms with van der Waals surface area (Å²) < 4.78 is 49.5. The van der Waals surface area contributed by atoms with Gasteiger partial charge < -0.3 is 24.1 Å². The topological polar surface area (TPSA) is 120 Å². The summed E-state index contributed by atoms with van der Waals surface area (Å²) in [7, 11) is -0.935. The minimum atomic E-state index is -3.84. The molecule has 34 heavy (non-hydrogen) atoms. The van der Waals surface area contributed by atoms with Crippen molar-refractivity contribution >= 4 is 21.7 Å². The van der Waals surface area contributed by atoms with Gasteiger partial charge in [0, 0.05) is 17.3 Å². The van der Waals surface area contributed by atoms with Crippen molar-refractivity contribution in [1.29, 1.82) is 0 Å². The van der Waals surface area contributed by atoms with Crippen LogP contribution in [0.4, 0.5) is 5.69 Å². The number of carboxylic acids is 1. The second-order valence-electron chi connectivity index (χ2n) is 7.02. The van der Waals surface area contributed by atoms with Crippen LogP contribution in [0.15, 0.2) is 71.6 Å². The minimum absolute atomic E-state index is 0.0332. The molecule has 0 bridgehead atoms. The molecular weight excluding hydrogens is 462 g/mol. The number of sulfonamides is 1. The number of nitrogens with one attached hydrogen (secondary N) is 1. The fraction of sp³-hybridized carbons (Fsp3) is 0.208. The van der Waals surface area contributed by atoms with Gasteiger partial charge in [-0.25, -0.2) is 8.42 Å². The number of benzene rings is 3. The van der Waals surface area contributed by atoms with Gasteiger partial charge in [-0.05, 0) is 42.5 Å². The van der Waals surface area contributed by atoms with Crippen molar-refractivity contribution in [2.24, 2.45) is 0 Å². The highest BCUT2D eigenvalue weighted by molar-refractivity contribution is 7.92. The number of para-hydroxylation sites is 1. The number of aliphatic carboxylic acids is 1. The third kappa shape index (κ3) is 6.55. The molecule has 0 saturated heterocycles. The molecule has 0 atom stereocenters. The number of methoxy groups -OCH3 is 2. The van der Waals surface area contributed by atoms with E-state index in [1.54, 1.807) is 48.5 Å². The monoisotopic (exact) mass is 487 g/mol. The smallest absolute Gasteiger partial charge is 0.307 e. The third-order valence-corrected chi connectivity index (χ3v) is 6.07. The zero-order valence-electron chi connectivity index (χ0n) is 18.7. The molecule has 3 aromatic rings. The van der Waals surface area contributed by atoms with Crippen LogP contribution in [0.5, 0.6) is 23.0 Å². The number of hydrogen-bond donors (Lipinski definition) is 2. The molecule has 0 fully saturated rings. The van der Waals surface area contributed by atoms with Gasteiger partial charge in [0.15, 0.2) is 11.5 Å². The van der Waals surface area contributed by atoms with Crippen LogP contribution < -0.4 is 23.7 Å². The summed E-state index contributed by atoms with van der Waals surface area (Å²) in [5, 5.41) is 8.98. The summed E-state index contributed by atoms with van der Waals surface area (Å²) in [6.07, 6.45) is -0.127. The summed E-state index contributed by atoms with van der Waals surface area (Å²) in [4.78, 5) is 11.0. The molecule has 9 nitrogen and oxygen atoms in total. The van der Waals surface area contributed by atoms with Crippen LogP contribution in [-0.4, -0.2) is 46.9 Å². The van der Waals surface area contributed by atoms with Crippen molar-refractivity contribution in [2.75, 3.05) is 32.2 Å². The van der Waals surface area contributed by atoms with Crippen molar-refractivity contribution in [3.05, 3.63) is 72.3 Å². The van der Waals surface area contributed by atoms with E-state index in [0.717, 1.165) is 0 Å². The highest BCUT2D eigenvalue weighted by Gasteiger charge is 2.17. The summed E-state index contributed by atoms with van der Waals surface area (Å²) >= 11 is 0. The van der Waals surface area contributed by atoms with E-state index >= 15 is 0 Å². The summed E-state index contributed by atoms with van der Waals surface area (Å²) in [5.41, 5.74) is 0.946. The molecule has 0 amide bonds. The van der Waals surface area contributed by atoms with Crippen LogP contribution in [0.2, 0.25) is 0 Å². The van der Waals surface area contributed by atoms with Crippen molar-refractivity contribution in [2.45, 2.75) is 11.3 Å². The Hall–Kier alpha value is -3.92. The lowest BCUT2D eigenvalue weighted by molar-refractivity contribution is -0.136. The fourth-order valence-electron chi connectivity index (χ4n) is 3.08. The van der Waals surface area contributed by atoms with E-state index < -0.39 is 16.0 Å². The molecule has 0 spiro atoms. The van der Waals surface area contributed by atoms with E-state index in [-0.39, 0.29) is 24.5 Å². The molecule has 0 aliphatic carbocycles. The lowest BCUT2D eigenvalue weighted by atomic mass is 10.1. The standard InChI is InChI=1S/C24H25NO8S/c1-30-22-12-11-20(16-23(22)31-2)34(28,29)25-18-7-9-19(10-8-18)32-13-14-33-21-6-4-3-5-17(21)15-24(26)27/h3-12,16,25H,13-15H2,1-2H3,(H,26,27). The minimum Gasteiger partial charge on any atom is -0.493 e. The second kappa shape index (κ2) is 11.3. The molecule has 0 saturated carbocycles. The Bertz CT molecular complexity index is 1230. The van der Waals surface area contributed by atoms with Gasteiger partial charge >= 0.3 is 5.97 Å². The van der Waals surface area contributed by atoms with Crippen LogP contribution in [0.1, 0.15) is 5.56 Å². The second-order valence-corrected chi connectivity index (χ2v) is 8.70. The van der Waals surface area contributed by atoms with E-state index in [1.165, 1.54) is 32.4 Å². The molecule has 2 N–H and O–H groups in total. The number of ether oxygens (including phenoxy) is 4. The highest BCUT2D eigenvalue weighted by Crippen LogP contribution is 2.30. The first-order chi connectivity index (χ1) is 16.3. The lowest BCUT2D eigenvalue weighted by Crippen LogP contribution is -2.13. The van der Waals surface area contributed by atoms with Gasteiger partial charge in [-0.15, -0.1) is 0 Å².